The number of rotatable bonds is 9. The predicted octanol–water partition coefficient (Wildman–Crippen LogP) is 2.26. The second kappa shape index (κ2) is 9.08. The van der Waals surface area contributed by atoms with Gasteiger partial charge in [-0.3, -0.25) is 4.79 Å². The maximum Gasteiger partial charge on any atom is 0.264 e. The molecule has 0 aliphatic carbocycles. The molecule has 0 spiro atoms. The van der Waals surface area contributed by atoms with Crippen LogP contribution < -0.4 is 0 Å². The number of carbonyl (C=O) groups excluding carboxylic acids is 1. The summed E-state index contributed by atoms with van der Waals surface area (Å²) in [4.78, 5) is 14.8. The Bertz CT molecular complexity index is 317. The van der Waals surface area contributed by atoms with Gasteiger partial charge in [-0.25, -0.2) is 0 Å². The molecule has 0 atom stereocenters. The van der Waals surface area contributed by atoms with Crippen molar-refractivity contribution in [1.82, 2.24) is 4.90 Å². The standard InChI is InChI=1S/C13H21NO3S/c1-3-16-9-7-14(8-10-17-4-2)13(15)12-6-5-11-18-12/h5-6,11H,3-4,7-10H2,1-2H3. The van der Waals surface area contributed by atoms with Crippen LogP contribution in [0.2, 0.25) is 0 Å². The summed E-state index contributed by atoms with van der Waals surface area (Å²) in [6, 6.07) is 3.74. The van der Waals surface area contributed by atoms with Crippen LogP contribution in [-0.4, -0.2) is 50.3 Å². The molecule has 102 valence electrons. The van der Waals surface area contributed by atoms with E-state index in [1.807, 2.05) is 31.4 Å². The van der Waals surface area contributed by atoms with Crippen molar-refractivity contribution in [2.75, 3.05) is 39.5 Å². The first-order chi connectivity index (χ1) is 8.79. The molecule has 1 aromatic heterocycles. The Kier molecular flexibility index (Phi) is 7.64. The van der Waals surface area contributed by atoms with E-state index in [1.54, 1.807) is 4.90 Å². The number of ether oxygens (including phenoxy) is 2. The number of carbonyl (C=O) groups is 1. The van der Waals surface area contributed by atoms with E-state index >= 15 is 0 Å². The zero-order valence-electron chi connectivity index (χ0n) is 11.1. The summed E-state index contributed by atoms with van der Waals surface area (Å²) in [6.45, 7) is 7.60. The van der Waals surface area contributed by atoms with Crippen LogP contribution in [0.25, 0.3) is 0 Å². The minimum Gasteiger partial charge on any atom is -0.380 e. The monoisotopic (exact) mass is 271 g/mol. The Morgan fingerprint density at radius 1 is 1.22 bits per heavy atom. The molecule has 5 heteroatoms. The van der Waals surface area contributed by atoms with Crippen molar-refractivity contribution >= 4 is 17.2 Å². The van der Waals surface area contributed by atoms with E-state index in [0.717, 1.165) is 4.88 Å². The first-order valence-electron chi connectivity index (χ1n) is 6.27. The van der Waals surface area contributed by atoms with Crippen LogP contribution in [0, 0.1) is 0 Å². The van der Waals surface area contributed by atoms with E-state index in [-0.39, 0.29) is 5.91 Å². The molecule has 1 aromatic rings. The fourth-order valence-electron chi connectivity index (χ4n) is 1.51. The summed E-state index contributed by atoms with van der Waals surface area (Å²) in [7, 11) is 0. The van der Waals surface area contributed by atoms with E-state index in [9.17, 15) is 4.79 Å². The highest BCUT2D eigenvalue weighted by Gasteiger charge is 2.16. The van der Waals surface area contributed by atoms with Crippen LogP contribution in [0.5, 0.6) is 0 Å². The lowest BCUT2D eigenvalue weighted by Gasteiger charge is -2.21. The third kappa shape index (κ3) is 5.16. The molecule has 0 aliphatic heterocycles. The van der Waals surface area contributed by atoms with Crippen LogP contribution in [0.15, 0.2) is 17.5 Å². The first kappa shape index (κ1) is 15.1. The minimum atomic E-state index is 0.0596. The molecule has 18 heavy (non-hydrogen) atoms. The Labute approximate surface area is 113 Å². The van der Waals surface area contributed by atoms with E-state index in [1.165, 1.54) is 11.3 Å². The average Bonchev–Trinajstić information content (AvgIpc) is 2.90. The Balaban J connectivity index is 2.49. The smallest absolute Gasteiger partial charge is 0.264 e. The SMILES string of the molecule is CCOCCN(CCOCC)C(=O)c1cccs1. The summed E-state index contributed by atoms with van der Waals surface area (Å²) < 4.78 is 10.6. The molecule has 0 saturated carbocycles. The molecule has 0 unspecified atom stereocenters. The lowest BCUT2D eigenvalue weighted by atomic mass is 10.4. The van der Waals surface area contributed by atoms with Crippen LogP contribution in [0.3, 0.4) is 0 Å². The second-order valence-electron chi connectivity index (χ2n) is 3.66. The zero-order chi connectivity index (χ0) is 13.2. The lowest BCUT2D eigenvalue weighted by Crippen LogP contribution is -2.36. The summed E-state index contributed by atoms with van der Waals surface area (Å²) in [6.07, 6.45) is 0. The van der Waals surface area contributed by atoms with Crippen molar-refractivity contribution in [3.63, 3.8) is 0 Å². The van der Waals surface area contributed by atoms with Gasteiger partial charge in [0.05, 0.1) is 18.1 Å². The van der Waals surface area contributed by atoms with Crippen LogP contribution >= 0.6 is 11.3 Å². The van der Waals surface area contributed by atoms with Gasteiger partial charge in [-0.2, -0.15) is 0 Å². The molecule has 0 aliphatic rings. The van der Waals surface area contributed by atoms with Crippen molar-refractivity contribution in [2.24, 2.45) is 0 Å². The van der Waals surface area contributed by atoms with Gasteiger partial charge in [0.2, 0.25) is 0 Å². The molecule has 4 nitrogen and oxygen atoms in total. The molecule has 0 radical (unpaired) electrons. The average molecular weight is 271 g/mol. The van der Waals surface area contributed by atoms with Gasteiger partial charge in [0, 0.05) is 26.3 Å². The highest BCUT2D eigenvalue weighted by atomic mass is 32.1. The molecule has 0 bridgehead atoms. The lowest BCUT2D eigenvalue weighted by molar-refractivity contribution is 0.0554. The molecule has 0 N–H and O–H groups in total. The third-order valence-electron chi connectivity index (χ3n) is 2.44. The number of nitrogens with zero attached hydrogens (tertiary/aromatic N) is 1. The Hall–Kier alpha value is -0.910. The van der Waals surface area contributed by atoms with Gasteiger partial charge < -0.3 is 14.4 Å². The summed E-state index contributed by atoms with van der Waals surface area (Å²) >= 11 is 1.46. The molecule has 0 fully saturated rings. The van der Waals surface area contributed by atoms with Crippen molar-refractivity contribution in [1.29, 1.82) is 0 Å². The third-order valence-corrected chi connectivity index (χ3v) is 3.30. The Morgan fingerprint density at radius 2 is 1.83 bits per heavy atom. The molecule has 0 saturated heterocycles. The molecule has 0 aromatic carbocycles. The molecule has 1 rings (SSSR count). The number of thiophene rings is 1. The highest BCUT2D eigenvalue weighted by Crippen LogP contribution is 2.11. The van der Waals surface area contributed by atoms with Gasteiger partial charge in [0.15, 0.2) is 0 Å². The van der Waals surface area contributed by atoms with Gasteiger partial charge >= 0.3 is 0 Å². The molecule has 1 heterocycles. The summed E-state index contributed by atoms with van der Waals surface area (Å²) in [5, 5.41) is 1.91. The normalized spacial score (nSPS) is 10.6. The van der Waals surface area contributed by atoms with Crippen molar-refractivity contribution in [3.05, 3.63) is 22.4 Å². The zero-order valence-corrected chi connectivity index (χ0v) is 11.9. The fraction of sp³-hybridized carbons (Fsp3) is 0.615. The predicted molar refractivity (Wildman–Crippen MR) is 73.2 cm³/mol. The fourth-order valence-corrected chi connectivity index (χ4v) is 2.20. The largest absolute Gasteiger partial charge is 0.380 e. The van der Waals surface area contributed by atoms with Gasteiger partial charge in [-0.15, -0.1) is 11.3 Å². The van der Waals surface area contributed by atoms with Gasteiger partial charge in [-0.05, 0) is 25.3 Å². The van der Waals surface area contributed by atoms with Gasteiger partial charge in [0.25, 0.3) is 5.91 Å². The highest BCUT2D eigenvalue weighted by molar-refractivity contribution is 7.12. The van der Waals surface area contributed by atoms with Crippen molar-refractivity contribution in [3.8, 4) is 0 Å². The topological polar surface area (TPSA) is 38.8 Å². The van der Waals surface area contributed by atoms with E-state index in [4.69, 9.17) is 9.47 Å². The quantitative estimate of drug-likeness (QED) is 0.647. The van der Waals surface area contributed by atoms with Gasteiger partial charge in [-0.1, -0.05) is 6.07 Å². The maximum absolute atomic E-state index is 12.2. The minimum absolute atomic E-state index is 0.0596. The molecule has 1 amide bonds. The number of hydrogen-bond donors (Lipinski definition) is 0. The van der Waals surface area contributed by atoms with Crippen molar-refractivity contribution in [2.45, 2.75) is 13.8 Å². The summed E-state index contributed by atoms with van der Waals surface area (Å²) in [5.41, 5.74) is 0. The summed E-state index contributed by atoms with van der Waals surface area (Å²) in [5.74, 6) is 0.0596. The van der Waals surface area contributed by atoms with Crippen LogP contribution in [-0.2, 0) is 9.47 Å². The van der Waals surface area contributed by atoms with E-state index in [2.05, 4.69) is 0 Å². The number of amides is 1. The van der Waals surface area contributed by atoms with E-state index in [0.29, 0.717) is 39.5 Å². The molecular formula is C13H21NO3S. The number of hydrogen-bond acceptors (Lipinski definition) is 4. The van der Waals surface area contributed by atoms with Gasteiger partial charge in [0.1, 0.15) is 0 Å². The second-order valence-corrected chi connectivity index (χ2v) is 4.61. The van der Waals surface area contributed by atoms with E-state index < -0.39 is 0 Å². The maximum atomic E-state index is 12.2. The van der Waals surface area contributed by atoms with Crippen LogP contribution in [0.1, 0.15) is 23.5 Å². The van der Waals surface area contributed by atoms with Crippen molar-refractivity contribution < 1.29 is 14.3 Å². The first-order valence-corrected chi connectivity index (χ1v) is 7.15. The molecular weight excluding hydrogens is 250 g/mol. The Morgan fingerprint density at radius 3 is 2.28 bits per heavy atom. The van der Waals surface area contributed by atoms with Crippen LogP contribution in [0.4, 0.5) is 0 Å².